The van der Waals surface area contributed by atoms with Crippen molar-refractivity contribution in [2.45, 2.75) is 13.8 Å². The molecule has 0 aliphatic rings. The van der Waals surface area contributed by atoms with E-state index < -0.39 is 10.9 Å². The first-order chi connectivity index (χ1) is 15.8. The van der Waals surface area contributed by atoms with E-state index in [0.29, 0.717) is 22.5 Å². The third kappa shape index (κ3) is 4.69. The second kappa shape index (κ2) is 8.88. The van der Waals surface area contributed by atoms with E-state index in [1.165, 1.54) is 24.3 Å². The standard InChI is InChI=1S/C25H19N3O5/c1-15-11-19(12-16(2)24(15)29)26-27-23-14-18-6-4-3-5-17(18)13-22(23)25(30)33-21-9-7-20(8-10-21)28(31)32/h3-14,29H,1-2H3/b27-26+. The van der Waals surface area contributed by atoms with Crippen LogP contribution in [0.5, 0.6) is 11.5 Å². The minimum absolute atomic E-state index is 0.102. The van der Waals surface area contributed by atoms with Crippen molar-refractivity contribution in [3.63, 3.8) is 0 Å². The summed E-state index contributed by atoms with van der Waals surface area (Å²) in [5.41, 5.74) is 2.27. The highest BCUT2D eigenvalue weighted by molar-refractivity contribution is 6.01. The number of carbonyl (C=O) groups is 1. The second-order valence-electron chi connectivity index (χ2n) is 7.49. The number of phenolic OH excluding ortho intramolecular Hbond substituents is 1. The van der Waals surface area contributed by atoms with E-state index >= 15 is 0 Å². The topological polar surface area (TPSA) is 114 Å². The highest BCUT2D eigenvalue weighted by atomic mass is 16.6. The third-order valence-corrected chi connectivity index (χ3v) is 5.09. The Hall–Kier alpha value is -4.59. The van der Waals surface area contributed by atoms with Crippen molar-refractivity contribution in [2.24, 2.45) is 10.2 Å². The van der Waals surface area contributed by atoms with Crippen LogP contribution in [0.4, 0.5) is 17.1 Å². The van der Waals surface area contributed by atoms with Gasteiger partial charge in [-0.15, -0.1) is 5.11 Å². The molecule has 33 heavy (non-hydrogen) atoms. The normalized spacial score (nSPS) is 11.1. The number of non-ortho nitro benzene ring substituents is 1. The maximum atomic E-state index is 13.0. The fourth-order valence-corrected chi connectivity index (χ4v) is 3.37. The van der Waals surface area contributed by atoms with Gasteiger partial charge in [0.05, 0.1) is 16.2 Å². The van der Waals surface area contributed by atoms with Gasteiger partial charge in [-0.3, -0.25) is 10.1 Å². The van der Waals surface area contributed by atoms with Crippen LogP contribution in [0.2, 0.25) is 0 Å². The number of hydrogen-bond donors (Lipinski definition) is 1. The zero-order valence-electron chi connectivity index (χ0n) is 17.9. The molecule has 0 amide bonds. The van der Waals surface area contributed by atoms with Crippen LogP contribution in [0, 0.1) is 24.0 Å². The monoisotopic (exact) mass is 441 g/mol. The van der Waals surface area contributed by atoms with Crippen LogP contribution in [-0.2, 0) is 0 Å². The number of aromatic hydroxyl groups is 1. The average Bonchev–Trinajstić information content (AvgIpc) is 2.80. The minimum atomic E-state index is -0.665. The number of ether oxygens (including phenoxy) is 1. The van der Waals surface area contributed by atoms with Gasteiger partial charge in [-0.2, -0.15) is 5.11 Å². The van der Waals surface area contributed by atoms with E-state index in [9.17, 15) is 20.0 Å². The minimum Gasteiger partial charge on any atom is -0.507 e. The van der Waals surface area contributed by atoms with Crippen LogP contribution in [0.25, 0.3) is 10.8 Å². The Morgan fingerprint density at radius 1 is 0.909 bits per heavy atom. The van der Waals surface area contributed by atoms with Gasteiger partial charge >= 0.3 is 5.97 Å². The number of rotatable bonds is 5. The number of nitro benzene ring substituents is 1. The maximum Gasteiger partial charge on any atom is 0.345 e. The summed E-state index contributed by atoms with van der Waals surface area (Å²) >= 11 is 0. The molecule has 4 aromatic carbocycles. The number of benzene rings is 4. The van der Waals surface area contributed by atoms with Gasteiger partial charge in [-0.25, -0.2) is 4.79 Å². The molecule has 0 bridgehead atoms. The van der Waals surface area contributed by atoms with Gasteiger partial charge < -0.3 is 9.84 Å². The Balaban J connectivity index is 1.71. The molecule has 0 fully saturated rings. The molecule has 4 rings (SSSR count). The first-order valence-electron chi connectivity index (χ1n) is 10.0. The number of nitrogens with zero attached hydrogens (tertiary/aromatic N) is 3. The van der Waals surface area contributed by atoms with Gasteiger partial charge in [0.25, 0.3) is 5.69 Å². The fraction of sp³-hybridized carbons (Fsp3) is 0.0800. The Morgan fingerprint density at radius 2 is 1.52 bits per heavy atom. The second-order valence-corrected chi connectivity index (χ2v) is 7.49. The van der Waals surface area contributed by atoms with Crippen LogP contribution in [0.1, 0.15) is 21.5 Å². The first kappa shape index (κ1) is 21.6. The van der Waals surface area contributed by atoms with Gasteiger partial charge in [0.15, 0.2) is 0 Å². The highest BCUT2D eigenvalue weighted by Crippen LogP contribution is 2.32. The summed E-state index contributed by atoms with van der Waals surface area (Å²) < 4.78 is 5.43. The third-order valence-electron chi connectivity index (χ3n) is 5.09. The molecule has 0 aliphatic carbocycles. The Bertz CT molecular complexity index is 1390. The molecule has 8 nitrogen and oxygen atoms in total. The molecule has 0 spiro atoms. The molecule has 0 saturated carbocycles. The number of aryl methyl sites for hydroxylation is 2. The number of carbonyl (C=O) groups excluding carboxylic acids is 1. The van der Waals surface area contributed by atoms with Crippen molar-refractivity contribution < 1.29 is 19.6 Å². The van der Waals surface area contributed by atoms with Crippen LogP contribution < -0.4 is 4.74 Å². The van der Waals surface area contributed by atoms with Gasteiger partial charge in [-0.1, -0.05) is 24.3 Å². The molecular formula is C25H19N3O5. The van der Waals surface area contributed by atoms with E-state index in [1.807, 2.05) is 24.3 Å². The molecule has 164 valence electrons. The fourth-order valence-electron chi connectivity index (χ4n) is 3.37. The molecule has 4 aromatic rings. The average molecular weight is 441 g/mol. The van der Waals surface area contributed by atoms with Gasteiger partial charge in [-0.05, 0) is 72.1 Å². The lowest BCUT2D eigenvalue weighted by molar-refractivity contribution is -0.384. The largest absolute Gasteiger partial charge is 0.507 e. The molecular weight excluding hydrogens is 422 g/mol. The summed E-state index contributed by atoms with van der Waals surface area (Å²) in [5, 5.41) is 31.0. The van der Waals surface area contributed by atoms with Crippen molar-refractivity contribution in [3.05, 3.63) is 99.6 Å². The lowest BCUT2D eigenvalue weighted by atomic mass is 10.1. The smallest absolute Gasteiger partial charge is 0.345 e. The predicted molar refractivity (Wildman–Crippen MR) is 124 cm³/mol. The van der Waals surface area contributed by atoms with E-state index in [-0.39, 0.29) is 22.7 Å². The molecule has 0 aromatic heterocycles. The molecule has 0 aliphatic heterocycles. The van der Waals surface area contributed by atoms with Crippen LogP contribution in [0.3, 0.4) is 0 Å². The van der Waals surface area contributed by atoms with Crippen molar-refractivity contribution in [2.75, 3.05) is 0 Å². The quantitative estimate of drug-likeness (QED) is 0.122. The maximum absolute atomic E-state index is 13.0. The van der Waals surface area contributed by atoms with Gasteiger partial charge in [0.1, 0.15) is 17.2 Å². The lowest BCUT2D eigenvalue weighted by Crippen LogP contribution is -2.09. The molecule has 1 N–H and O–H groups in total. The number of fused-ring (bicyclic) bond motifs is 1. The number of nitro groups is 1. The van der Waals surface area contributed by atoms with E-state index in [1.54, 1.807) is 38.1 Å². The predicted octanol–water partition coefficient (Wildman–Crippen LogP) is 6.71. The van der Waals surface area contributed by atoms with E-state index in [4.69, 9.17) is 4.74 Å². The number of phenols is 1. The lowest BCUT2D eigenvalue weighted by Gasteiger charge is -2.09. The summed E-state index contributed by atoms with van der Waals surface area (Å²) in [6, 6.07) is 19.6. The Kier molecular flexibility index (Phi) is 5.82. The van der Waals surface area contributed by atoms with E-state index in [0.717, 1.165) is 10.8 Å². The molecule has 0 unspecified atom stereocenters. The molecule has 0 atom stereocenters. The summed E-state index contributed by atoms with van der Waals surface area (Å²) in [5.74, 6) is -0.292. The molecule has 0 radical (unpaired) electrons. The SMILES string of the molecule is Cc1cc(/N=N/c2cc3ccccc3cc2C(=O)Oc2ccc([N+](=O)[O-])cc2)cc(C)c1O. The highest BCUT2D eigenvalue weighted by Gasteiger charge is 2.16. The number of azo groups is 1. The zero-order chi connectivity index (χ0) is 23.5. The molecule has 0 saturated heterocycles. The van der Waals surface area contributed by atoms with E-state index in [2.05, 4.69) is 10.2 Å². The van der Waals surface area contributed by atoms with Crippen molar-refractivity contribution in [1.82, 2.24) is 0 Å². The van der Waals surface area contributed by atoms with Crippen molar-refractivity contribution >= 4 is 33.8 Å². The zero-order valence-corrected chi connectivity index (χ0v) is 17.9. The molecule has 0 heterocycles. The number of esters is 1. The van der Waals surface area contributed by atoms with Gasteiger partial charge in [0, 0.05) is 12.1 Å². The first-order valence-corrected chi connectivity index (χ1v) is 10.0. The van der Waals surface area contributed by atoms with Crippen molar-refractivity contribution in [1.29, 1.82) is 0 Å². The summed E-state index contributed by atoms with van der Waals surface area (Å²) in [6.07, 6.45) is 0. The van der Waals surface area contributed by atoms with Crippen molar-refractivity contribution in [3.8, 4) is 11.5 Å². The summed E-state index contributed by atoms with van der Waals surface area (Å²) in [6.45, 7) is 3.54. The summed E-state index contributed by atoms with van der Waals surface area (Å²) in [4.78, 5) is 23.3. The Morgan fingerprint density at radius 3 is 2.12 bits per heavy atom. The van der Waals surface area contributed by atoms with Gasteiger partial charge in [0.2, 0.25) is 0 Å². The van der Waals surface area contributed by atoms with Crippen LogP contribution in [-0.4, -0.2) is 16.0 Å². The molecule has 8 heteroatoms. The Labute approximate surface area is 188 Å². The van der Waals surface area contributed by atoms with Crippen LogP contribution >= 0.6 is 0 Å². The van der Waals surface area contributed by atoms with Crippen LogP contribution in [0.15, 0.2) is 83.0 Å². The number of hydrogen-bond acceptors (Lipinski definition) is 7. The summed E-state index contributed by atoms with van der Waals surface area (Å²) in [7, 11) is 0.